The number of piperazine rings is 1. The first-order valence-electron chi connectivity index (χ1n) is 9.86. The molecule has 3 aliphatic rings. The SMILES string of the molecule is CC(C)N1CCN(C(=O)[C@H]2CC[C@@]3(CC2)OC(=O)c2ccccc23)CC1. The molecule has 0 bridgehead atoms. The molecule has 2 heterocycles. The molecule has 26 heavy (non-hydrogen) atoms. The number of ether oxygens (including phenoxy) is 1. The quantitative estimate of drug-likeness (QED) is 0.765. The van der Waals surface area contributed by atoms with Crippen LogP contribution >= 0.6 is 0 Å². The van der Waals surface area contributed by atoms with Gasteiger partial charge < -0.3 is 9.64 Å². The van der Waals surface area contributed by atoms with E-state index in [9.17, 15) is 9.59 Å². The molecule has 140 valence electrons. The Labute approximate surface area is 155 Å². The summed E-state index contributed by atoms with van der Waals surface area (Å²) in [7, 11) is 0. The molecule has 2 aliphatic heterocycles. The molecule has 5 heteroatoms. The van der Waals surface area contributed by atoms with E-state index >= 15 is 0 Å². The van der Waals surface area contributed by atoms with Crippen molar-refractivity contribution in [3.8, 4) is 0 Å². The zero-order valence-electron chi connectivity index (χ0n) is 15.7. The molecule has 2 fully saturated rings. The summed E-state index contributed by atoms with van der Waals surface area (Å²) in [5, 5.41) is 0. The fourth-order valence-corrected chi connectivity index (χ4v) is 4.77. The summed E-state index contributed by atoms with van der Waals surface area (Å²) in [4.78, 5) is 29.6. The first-order chi connectivity index (χ1) is 12.5. The van der Waals surface area contributed by atoms with E-state index in [0.717, 1.165) is 57.4 Å². The molecule has 1 aromatic rings. The predicted molar refractivity (Wildman–Crippen MR) is 98.8 cm³/mol. The number of fused-ring (bicyclic) bond motifs is 2. The molecule has 0 radical (unpaired) electrons. The van der Waals surface area contributed by atoms with E-state index < -0.39 is 5.60 Å². The number of hydrogen-bond donors (Lipinski definition) is 0. The number of nitrogens with zero attached hydrogens (tertiary/aromatic N) is 2. The Kier molecular flexibility index (Phi) is 4.51. The van der Waals surface area contributed by atoms with E-state index in [-0.39, 0.29) is 11.9 Å². The van der Waals surface area contributed by atoms with Crippen LogP contribution in [0.15, 0.2) is 24.3 Å². The normalized spacial score (nSPS) is 29.1. The van der Waals surface area contributed by atoms with Crippen LogP contribution in [-0.2, 0) is 15.1 Å². The maximum absolute atomic E-state index is 12.9. The molecule has 4 rings (SSSR count). The van der Waals surface area contributed by atoms with Crippen molar-refractivity contribution < 1.29 is 14.3 Å². The van der Waals surface area contributed by atoms with Gasteiger partial charge in [-0.1, -0.05) is 18.2 Å². The molecule has 5 nitrogen and oxygen atoms in total. The van der Waals surface area contributed by atoms with Gasteiger partial charge in [0.25, 0.3) is 0 Å². The van der Waals surface area contributed by atoms with Crippen molar-refractivity contribution in [2.24, 2.45) is 5.92 Å². The summed E-state index contributed by atoms with van der Waals surface area (Å²) in [6.07, 6.45) is 3.09. The first-order valence-corrected chi connectivity index (χ1v) is 9.86. The lowest BCUT2D eigenvalue weighted by Gasteiger charge is -2.41. The van der Waals surface area contributed by atoms with Crippen LogP contribution in [0.1, 0.15) is 55.5 Å². The molecular formula is C21H28N2O3. The van der Waals surface area contributed by atoms with Gasteiger partial charge >= 0.3 is 5.97 Å². The molecular weight excluding hydrogens is 328 g/mol. The zero-order chi connectivity index (χ0) is 18.3. The van der Waals surface area contributed by atoms with Gasteiger partial charge in [-0.25, -0.2) is 4.79 Å². The largest absolute Gasteiger partial charge is 0.451 e. The number of amides is 1. The Bertz CT molecular complexity index is 699. The van der Waals surface area contributed by atoms with E-state index in [1.165, 1.54) is 0 Å². The van der Waals surface area contributed by atoms with E-state index in [4.69, 9.17) is 4.74 Å². The van der Waals surface area contributed by atoms with Crippen molar-refractivity contribution in [1.29, 1.82) is 0 Å². The van der Waals surface area contributed by atoms with Crippen molar-refractivity contribution >= 4 is 11.9 Å². The summed E-state index contributed by atoms with van der Waals surface area (Å²) >= 11 is 0. The van der Waals surface area contributed by atoms with Gasteiger partial charge in [0.1, 0.15) is 5.60 Å². The Balaban J connectivity index is 1.39. The van der Waals surface area contributed by atoms with Crippen molar-refractivity contribution in [3.05, 3.63) is 35.4 Å². The van der Waals surface area contributed by atoms with Crippen LogP contribution in [0.3, 0.4) is 0 Å². The minimum atomic E-state index is -0.499. The summed E-state index contributed by atoms with van der Waals surface area (Å²) < 4.78 is 5.80. The van der Waals surface area contributed by atoms with Crippen LogP contribution in [0.4, 0.5) is 0 Å². The smallest absolute Gasteiger partial charge is 0.339 e. The fourth-order valence-electron chi connectivity index (χ4n) is 4.77. The summed E-state index contributed by atoms with van der Waals surface area (Å²) in [6.45, 7) is 8.00. The summed E-state index contributed by atoms with van der Waals surface area (Å²) in [5.74, 6) is 0.147. The van der Waals surface area contributed by atoms with Crippen LogP contribution in [0, 0.1) is 5.92 Å². The molecule has 0 N–H and O–H groups in total. The van der Waals surface area contributed by atoms with Gasteiger partial charge in [-0.3, -0.25) is 9.69 Å². The number of esters is 1. The third-order valence-electron chi connectivity index (χ3n) is 6.42. The molecule has 1 aliphatic carbocycles. The first kappa shape index (κ1) is 17.5. The lowest BCUT2D eigenvalue weighted by molar-refractivity contribution is -0.140. The van der Waals surface area contributed by atoms with Crippen LogP contribution in [0.25, 0.3) is 0 Å². The number of benzene rings is 1. The Morgan fingerprint density at radius 3 is 2.42 bits per heavy atom. The highest BCUT2D eigenvalue weighted by atomic mass is 16.6. The molecule has 1 amide bonds. The van der Waals surface area contributed by atoms with Crippen molar-refractivity contribution in [2.75, 3.05) is 26.2 Å². The molecule has 1 saturated carbocycles. The van der Waals surface area contributed by atoms with E-state index in [2.05, 4.69) is 18.7 Å². The van der Waals surface area contributed by atoms with E-state index in [1.54, 1.807) is 0 Å². The minimum absolute atomic E-state index is 0.0673. The van der Waals surface area contributed by atoms with Gasteiger partial charge in [0.2, 0.25) is 5.91 Å². The predicted octanol–water partition coefficient (Wildman–Crippen LogP) is 2.80. The Morgan fingerprint density at radius 2 is 1.77 bits per heavy atom. The average Bonchev–Trinajstić information content (AvgIpc) is 2.94. The molecule has 1 spiro atoms. The van der Waals surface area contributed by atoms with E-state index in [1.807, 2.05) is 29.2 Å². The third kappa shape index (κ3) is 2.92. The van der Waals surface area contributed by atoms with Crippen LogP contribution < -0.4 is 0 Å². The van der Waals surface area contributed by atoms with Gasteiger partial charge in [0, 0.05) is 43.7 Å². The topological polar surface area (TPSA) is 49.9 Å². The van der Waals surface area contributed by atoms with Gasteiger partial charge in [0.05, 0.1) is 5.56 Å². The van der Waals surface area contributed by atoms with Gasteiger partial charge in [0.15, 0.2) is 0 Å². The second kappa shape index (κ2) is 6.69. The van der Waals surface area contributed by atoms with Crippen molar-refractivity contribution in [3.63, 3.8) is 0 Å². The zero-order valence-corrected chi connectivity index (χ0v) is 15.7. The highest BCUT2D eigenvalue weighted by molar-refractivity contribution is 5.94. The highest BCUT2D eigenvalue weighted by Gasteiger charge is 2.48. The third-order valence-corrected chi connectivity index (χ3v) is 6.42. The molecule has 1 saturated heterocycles. The molecule has 1 aromatic carbocycles. The van der Waals surface area contributed by atoms with Gasteiger partial charge in [-0.15, -0.1) is 0 Å². The fraction of sp³-hybridized carbons (Fsp3) is 0.619. The second-order valence-corrected chi connectivity index (χ2v) is 8.16. The maximum atomic E-state index is 12.9. The van der Waals surface area contributed by atoms with Gasteiger partial charge in [-0.2, -0.15) is 0 Å². The number of carbonyl (C=O) groups is 2. The number of hydrogen-bond acceptors (Lipinski definition) is 4. The molecule has 0 aromatic heterocycles. The standard InChI is InChI=1S/C21H28N2O3/c1-15(2)22-11-13-23(14-12-22)19(24)16-7-9-21(10-8-16)18-6-4-3-5-17(18)20(25)26-21/h3-6,15-16H,7-14H2,1-2H3/t16-,21-. The summed E-state index contributed by atoms with van der Waals surface area (Å²) in [5.41, 5.74) is 1.21. The number of carbonyl (C=O) groups excluding carboxylic acids is 2. The average molecular weight is 356 g/mol. The molecule has 0 unspecified atom stereocenters. The van der Waals surface area contributed by atoms with Crippen molar-refractivity contribution in [2.45, 2.75) is 51.2 Å². The van der Waals surface area contributed by atoms with Crippen molar-refractivity contribution in [1.82, 2.24) is 9.80 Å². The number of rotatable bonds is 2. The Hall–Kier alpha value is -1.88. The molecule has 0 atom stereocenters. The minimum Gasteiger partial charge on any atom is -0.451 e. The highest BCUT2D eigenvalue weighted by Crippen LogP contribution is 2.48. The second-order valence-electron chi connectivity index (χ2n) is 8.16. The maximum Gasteiger partial charge on any atom is 0.339 e. The Morgan fingerprint density at radius 1 is 1.12 bits per heavy atom. The monoisotopic (exact) mass is 356 g/mol. The lowest BCUT2D eigenvalue weighted by atomic mass is 9.74. The summed E-state index contributed by atoms with van der Waals surface area (Å²) in [6, 6.07) is 8.24. The van der Waals surface area contributed by atoms with Crippen LogP contribution in [0.2, 0.25) is 0 Å². The lowest BCUT2D eigenvalue weighted by Crippen LogP contribution is -2.52. The van der Waals surface area contributed by atoms with Crippen LogP contribution in [-0.4, -0.2) is 53.9 Å². The van der Waals surface area contributed by atoms with Crippen LogP contribution in [0.5, 0.6) is 0 Å². The van der Waals surface area contributed by atoms with E-state index in [0.29, 0.717) is 17.5 Å². The van der Waals surface area contributed by atoms with Gasteiger partial charge in [-0.05, 0) is 45.6 Å².